The highest BCUT2D eigenvalue weighted by molar-refractivity contribution is 7.91. The maximum Gasteiger partial charge on any atom is 0.152 e. The molecule has 2 heterocycles. The van der Waals surface area contributed by atoms with Gasteiger partial charge in [0, 0.05) is 31.5 Å². The Morgan fingerprint density at radius 1 is 1.56 bits per heavy atom. The fourth-order valence-corrected chi connectivity index (χ4v) is 4.03. The number of pyridine rings is 1. The van der Waals surface area contributed by atoms with Crippen LogP contribution in [0.15, 0.2) is 18.3 Å². The molecule has 5 nitrogen and oxygen atoms in total. The number of nitrogens with zero attached hydrogens (tertiary/aromatic N) is 2. The molecule has 0 bridgehead atoms. The monoisotopic (exact) mass is 269 g/mol. The molecule has 0 aliphatic carbocycles. The van der Waals surface area contributed by atoms with E-state index in [2.05, 4.69) is 10.3 Å². The Morgan fingerprint density at radius 2 is 2.33 bits per heavy atom. The number of rotatable bonds is 4. The Hall–Kier alpha value is -1.14. The topological polar surface area (TPSA) is 62.3 Å². The van der Waals surface area contributed by atoms with E-state index in [1.54, 1.807) is 6.20 Å². The van der Waals surface area contributed by atoms with Crippen molar-refractivity contribution in [2.75, 3.05) is 30.5 Å². The molecule has 1 aromatic heterocycles. The first-order chi connectivity index (χ1) is 8.52. The Bertz CT molecular complexity index is 516. The summed E-state index contributed by atoms with van der Waals surface area (Å²) in [5.74, 6) is 0.559. The van der Waals surface area contributed by atoms with E-state index in [1.807, 2.05) is 31.1 Å². The third kappa shape index (κ3) is 3.00. The molecule has 1 aromatic rings. The molecule has 1 N–H and O–H groups in total. The molecule has 0 amide bonds. The Kier molecular flexibility index (Phi) is 3.87. The summed E-state index contributed by atoms with van der Waals surface area (Å²) in [6.45, 7) is 0.713. The second kappa shape index (κ2) is 5.24. The molecule has 1 atom stereocenters. The molecular weight excluding hydrogens is 250 g/mol. The van der Waals surface area contributed by atoms with Crippen molar-refractivity contribution < 1.29 is 8.42 Å². The highest BCUT2D eigenvalue weighted by Gasteiger charge is 2.30. The molecule has 1 saturated heterocycles. The van der Waals surface area contributed by atoms with Crippen molar-refractivity contribution in [1.29, 1.82) is 0 Å². The van der Waals surface area contributed by atoms with Gasteiger partial charge in [0.1, 0.15) is 0 Å². The van der Waals surface area contributed by atoms with Crippen LogP contribution in [-0.2, 0) is 16.4 Å². The van der Waals surface area contributed by atoms with E-state index < -0.39 is 9.84 Å². The lowest BCUT2D eigenvalue weighted by Crippen LogP contribution is -2.32. The number of hydrogen-bond donors (Lipinski definition) is 1. The van der Waals surface area contributed by atoms with E-state index in [-0.39, 0.29) is 11.8 Å². The molecule has 0 radical (unpaired) electrons. The van der Waals surface area contributed by atoms with E-state index in [9.17, 15) is 8.42 Å². The Morgan fingerprint density at radius 3 is 2.94 bits per heavy atom. The van der Waals surface area contributed by atoms with Crippen LogP contribution in [0.4, 0.5) is 5.69 Å². The van der Waals surface area contributed by atoms with Crippen LogP contribution in [0.3, 0.4) is 0 Å². The van der Waals surface area contributed by atoms with E-state index in [4.69, 9.17) is 0 Å². The number of anilines is 1. The largest absolute Gasteiger partial charge is 0.370 e. The molecule has 1 aliphatic heterocycles. The number of nitrogens with one attached hydrogen (secondary N) is 1. The van der Waals surface area contributed by atoms with Gasteiger partial charge in [0.05, 0.1) is 17.2 Å². The van der Waals surface area contributed by atoms with Gasteiger partial charge in [-0.05, 0) is 25.6 Å². The van der Waals surface area contributed by atoms with Crippen molar-refractivity contribution in [3.8, 4) is 0 Å². The van der Waals surface area contributed by atoms with Gasteiger partial charge in [-0.25, -0.2) is 8.42 Å². The highest BCUT2D eigenvalue weighted by Crippen LogP contribution is 2.22. The summed E-state index contributed by atoms with van der Waals surface area (Å²) in [5.41, 5.74) is 1.99. The van der Waals surface area contributed by atoms with Crippen LogP contribution in [0, 0.1) is 0 Å². The quantitative estimate of drug-likeness (QED) is 0.858. The average molecular weight is 269 g/mol. The van der Waals surface area contributed by atoms with Crippen molar-refractivity contribution in [3.63, 3.8) is 0 Å². The van der Waals surface area contributed by atoms with Gasteiger partial charge in [-0.2, -0.15) is 0 Å². The summed E-state index contributed by atoms with van der Waals surface area (Å²) in [6, 6.07) is 4.01. The van der Waals surface area contributed by atoms with E-state index >= 15 is 0 Å². The first kappa shape index (κ1) is 13.3. The third-order valence-electron chi connectivity index (χ3n) is 3.32. The predicted octanol–water partition coefficient (Wildman–Crippen LogP) is 0.424. The highest BCUT2D eigenvalue weighted by atomic mass is 32.2. The molecule has 100 valence electrons. The maximum absolute atomic E-state index is 11.5. The van der Waals surface area contributed by atoms with Crippen molar-refractivity contribution in [2.24, 2.45) is 0 Å². The second-order valence-corrected chi connectivity index (χ2v) is 6.93. The van der Waals surface area contributed by atoms with Gasteiger partial charge in [0.25, 0.3) is 0 Å². The van der Waals surface area contributed by atoms with Gasteiger partial charge >= 0.3 is 0 Å². The molecule has 0 spiro atoms. The lowest BCUT2D eigenvalue weighted by atomic mass is 10.2. The lowest BCUT2D eigenvalue weighted by molar-refractivity contribution is 0.601. The molecule has 1 unspecified atom stereocenters. The van der Waals surface area contributed by atoms with E-state index in [0.717, 1.165) is 11.4 Å². The summed E-state index contributed by atoms with van der Waals surface area (Å²) in [4.78, 5) is 6.31. The molecule has 6 heteroatoms. The summed E-state index contributed by atoms with van der Waals surface area (Å²) < 4.78 is 23.0. The zero-order chi connectivity index (χ0) is 13.2. The fourth-order valence-electron chi connectivity index (χ4n) is 2.25. The van der Waals surface area contributed by atoms with Gasteiger partial charge in [0.15, 0.2) is 9.84 Å². The van der Waals surface area contributed by atoms with Crippen molar-refractivity contribution in [2.45, 2.75) is 19.0 Å². The molecule has 2 rings (SSSR count). The molecule has 18 heavy (non-hydrogen) atoms. The minimum absolute atomic E-state index is 0.0832. The van der Waals surface area contributed by atoms with Gasteiger partial charge < -0.3 is 10.2 Å². The fraction of sp³-hybridized carbons (Fsp3) is 0.583. The van der Waals surface area contributed by atoms with Crippen LogP contribution in [0.1, 0.15) is 12.1 Å². The van der Waals surface area contributed by atoms with Crippen LogP contribution in [0.2, 0.25) is 0 Å². The average Bonchev–Trinajstić information content (AvgIpc) is 2.70. The maximum atomic E-state index is 11.5. The summed E-state index contributed by atoms with van der Waals surface area (Å²) in [5, 5.41) is 3.06. The molecular formula is C12H19N3O2S. The number of hydrogen-bond acceptors (Lipinski definition) is 5. The van der Waals surface area contributed by atoms with Crippen LogP contribution in [0.5, 0.6) is 0 Å². The predicted molar refractivity (Wildman–Crippen MR) is 72.5 cm³/mol. The second-order valence-electron chi connectivity index (χ2n) is 4.70. The zero-order valence-corrected chi connectivity index (χ0v) is 11.6. The van der Waals surface area contributed by atoms with Crippen LogP contribution in [0.25, 0.3) is 0 Å². The van der Waals surface area contributed by atoms with E-state index in [1.165, 1.54) is 0 Å². The van der Waals surface area contributed by atoms with E-state index in [0.29, 0.717) is 18.7 Å². The Balaban J connectivity index is 2.13. The SMILES string of the molecule is CNCc1cc(N(C)C2CCS(=O)(=O)C2)ccn1. The summed E-state index contributed by atoms with van der Waals surface area (Å²) in [7, 11) is 0.987. The number of sulfone groups is 1. The zero-order valence-electron chi connectivity index (χ0n) is 10.8. The number of aromatic nitrogens is 1. The van der Waals surface area contributed by atoms with Gasteiger partial charge in [-0.15, -0.1) is 0 Å². The Labute approximate surface area is 108 Å². The van der Waals surface area contributed by atoms with Crippen LogP contribution < -0.4 is 10.2 Å². The van der Waals surface area contributed by atoms with Crippen LogP contribution >= 0.6 is 0 Å². The van der Waals surface area contributed by atoms with Gasteiger partial charge in [0.2, 0.25) is 0 Å². The minimum atomic E-state index is -2.84. The standard InChI is InChI=1S/C12H19N3O2S/c1-13-8-10-7-11(3-5-14-10)15(2)12-4-6-18(16,17)9-12/h3,5,7,12-13H,4,6,8-9H2,1-2H3. The first-order valence-corrected chi connectivity index (χ1v) is 7.87. The smallest absolute Gasteiger partial charge is 0.152 e. The van der Waals surface area contributed by atoms with Gasteiger partial charge in [-0.1, -0.05) is 0 Å². The molecule has 1 aliphatic rings. The lowest BCUT2D eigenvalue weighted by Gasteiger charge is -2.25. The molecule has 0 saturated carbocycles. The van der Waals surface area contributed by atoms with Crippen molar-refractivity contribution in [3.05, 3.63) is 24.0 Å². The summed E-state index contributed by atoms with van der Waals surface area (Å²) in [6.07, 6.45) is 2.48. The molecule has 1 fully saturated rings. The van der Waals surface area contributed by atoms with Crippen LogP contribution in [-0.4, -0.2) is 45.0 Å². The summed E-state index contributed by atoms with van der Waals surface area (Å²) >= 11 is 0. The van der Waals surface area contributed by atoms with Crippen molar-refractivity contribution >= 4 is 15.5 Å². The van der Waals surface area contributed by atoms with Gasteiger partial charge in [-0.3, -0.25) is 4.98 Å². The normalized spacial score (nSPS) is 22.0. The minimum Gasteiger partial charge on any atom is -0.370 e. The third-order valence-corrected chi connectivity index (χ3v) is 5.07. The van der Waals surface area contributed by atoms with Crippen molar-refractivity contribution in [1.82, 2.24) is 10.3 Å². The first-order valence-electron chi connectivity index (χ1n) is 6.04. The molecule has 0 aromatic carbocycles.